The van der Waals surface area contributed by atoms with Gasteiger partial charge in [0.05, 0.1) is 13.2 Å². The molecule has 1 unspecified atom stereocenters. The van der Waals surface area contributed by atoms with Gasteiger partial charge in [-0.05, 0) is 6.92 Å². The van der Waals surface area contributed by atoms with Gasteiger partial charge in [0.1, 0.15) is 10.7 Å². The summed E-state index contributed by atoms with van der Waals surface area (Å²) in [4.78, 5) is 18.4. The fraction of sp³-hybridized carbons (Fsp3) is 0.667. The second-order valence-corrected chi connectivity index (χ2v) is 5.48. The minimum Gasteiger partial charge on any atom is -0.379 e. The van der Waals surface area contributed by atoms with Gasteiger partial charge in [0.25, 0.3) is 5.91 Å². The van der Waals surface area contributed by atoms with E-state index >= 15 is 0 Å². The zero-order valence-corrected chi connectivity index (χ0v) is 11.9. The second-order valence-electron chi connectivity index (χ2n) is 4.54. The van der Waals surface area contributed by atoms with Gasteiger partial charge in [0.15, 0.2) is 0 Å². The largest absolute Gasteiger partial charge is 0.379 e. The van der Waals surface area contributed by atoms with Gasteiger partial charge < -0.3 is 15.8 Å². The maximum atomic E-state index is 11.9. The zero-order chi connectivity index (χ0) is 13.7. The van der Waals surface area contributed by atoms with Crippen molar-refractivity contribution in [2.24, 2.45) is 5.73 Å². The van der Waals surface area contributed by atoms with Gasteiger partial charge in [-0.25, -0.2) is 4.98 Å². The summed E-state index contributed by atoms with van der Waals surface area (Å²) in [6, 6.07) is 0.306. The third-order valence-corrected chi connectivity index (χ3v) is 4.06. The van der Waals surface area contributed by atoms with Crippen molar-refractivity contribution in [1.82, 2.24) is 15.2 Å². The fourth-order valence-corrected chi connectivity index (χ4v) is 2.64. The SMILES string of the molecule is CC(CNC(=O)c1csc(CN)n1)N1CCOCC1. The smallest absolute Gasteiger partial charge is 0.270 e. The number of nitrogens with two attached hydrogens (primary N) is 1. The van der Waals surface area contributed by atoms with Gasteiger partial charge in [-0.3, -0.25) is 9.69 Å². The van der Waals surface area contributed by atoms with Crippen molar-refractivity contribution < 1.29 is 9.53 Å². The van der Waals surface area contributed by atoms with Gasteiger partial charge in [-0.2, -0.15) is 0 Å². The minimum absolute atomic E-state index is 0.129. The molecule has 1 aromatic heterocycles. The molecule has 0 aliphatic carbocycles. The number of rotatable bonds is 5. The number of nitrogens with one attached hydrogen (secondary N) is 1. The van der Waals surface area contributed by atoms with E-state index < -0.39 is 0 Å². The highest BCUT2D eigenvalue weighted by Gasteiger charge is 2.18. The fourth-order valence-electron chi connectivity index (χ4n) is 1.99. The Hall–Kier alpha value is -1.02. The monoisotopic (exact) mass is 284 g/mol. The predicted octanol–water partition coefficient (Wildman–Crippen LogP) is 0.0523. The number of amides is 1. The lowest BCUT2D eigenvalue weighted by Gasteiger charge is -2.32. The molecule has 0 spiro atoms. The molecular formula is C12H20N4O2S. The van der Waals surface area contributed by atoms with Crippen LogP contribution in [0.1, 0.15) is 22.4 Å². The van der Waals surface area contributed by atoms with Gasteiger partial charge in [-0.15, -0.1) is 11.3 Å². The number of aromatic nitrogens is 1. The van der Waals surface area contributed by atoms with Crippen LogP contribution in [0.5, 0.6) is 0 Å². The maximum Gasteiger partial charge on any atom is 0.270 e. The Kier molecular flexibility index (Phi) is 5.26. The Balaban J connectivity index is 1.79. The van der Waals surface area contributed by atoms with Crippen LogP contribution in [0, 0.1) is 0 Å². The molecule has 1 fully saturated rings. The Labute approximate surface area is 116 Å². The molecule has 2 rings (SSSR count). The number of morpholine rings is 1. The first kappa shape index (κ1) is 14.4. The zero-order valence-electron chi connectivity index (χ0n) is 11.1. The Morgan fingerprint density at radius 3 is 3.00 bits per heavy atom. The molecule has 1 aromatic rings. The molecule has 0 saturated carbocycles. The molecule has 19 heavy (non-hydrogen) atoms. The summed E-state index contributed by atoms with van der Waals surface area (Å²) in [7, 11) is 0. The van der Waals surface area contributed by atoms with Gasteiger partial charge in [-0.1, -0.05) is 0 Å². The first-order valence-corrected chi connectivity index (χ1v) is 7.33. The van der Waals surface area contributed by atoms with E-state index in [1.165, 1.54) is 11.3 Å². The molecule has 2 heterocycles. The summed E-state index contributed by atoms with van der Waals surface area (Å²) in [5.41, 5.74) is 5.94. The molecule has 1 saturated heterocycles. The molecule has 1 amide bonds. The summed E-state index contributed by atoms with van der Waals surface area (Å²) in [6.45, 7) is 6.49. The van der Waals surface area contributed by atoms with Crippen LogP contribution in [0.2, 0.25) is 0 Å². The van der Waals surface area contributed by atoms with E-state index in [4.69, 9.17) is 10.5 Å². The Morgan fingerprint density at radius 2 is 2.37 bits per heavy atom. The van der Waals surface area contributed by atoms with Crippen LogP contribution in [0.25, 0.3) is 0 Å². The van der Waals surface area contributed by atoms with Crippen LogP contribution >= 0.6 is 11.3 Å². The number of carbonyl (C=O) groups is 1. The minimum atomic E-state index is -0.129. The van der Waals surface area contributed by atoms with E-state index in [0.717, 1.165) is 31.3 Å². The van der Waals surface area contributed by atoms with Crippen LogP contribution in [-0.2, 0) is 11.3 Å². The number of hydrogen-bond acceptors (Lipinski definition) is 6. The number of hydrogen-bond donors (Lipinski definition) is 2. The summed E-state index contributed by atoms with van der Waals surface area (Å²) >= 11 is 1.42. The highest BCUT2D eigenvalue weighted by molar-refractivity contribution is 7.09. The average Bonchev–Trinajstić information content (AvgIpc) is 2.94. The summed E-state index contributed by atoms with van der Waals surface area (Å²) in [5.74, 6) is -0.129. The van der Waals surface area contributed by atoms with E-state index in [1.807, 2.05) is 0 Å². The molecule has 0 bridgehead atoms. The predicted molar refractivity (Wildman–Crippen MR) is 74.2 cm³/mol. The van der Waals surface area contributed by atoms with Crippen molar-refractivity contribution in [3.8, 4) is 0 Å². The highest BCUT2D eigenvalue weighted by Crippen LogP contribution is 2.09. The molecule has 1 atom stereocenters. The Morgan fingerprint density at radius 1 is 1.63 bits per heavy atom. The molecule has 6 nitrogen and oxygen atoms in total. The second kappa shape index (κ2) is 6.95. The maximum absolute atomic E-state index is 11.9. The van der Waals surface area contributed by atoms with Crippen LogP contribution in [0.3, 0.4) is 0 Å². The lowest BCUT2D eigenvalue weighted by atomic mass is 10.2. The van der Waals surface area contributed by atoms with Crippen molar-refractivity contribution in [2.45, 2.75) is 19.5 Å². The summed E-state index contributed by atoms with van der Waals surface area (Å²) in [6.07, 6.45) is 0. The van der Waals surface area contributed by atoms with Gasteiger partial charge >= 0.3 is 0 Å². The van der Waals surface area contributed by atoms with Crippen molar-refractivity contribution in [1.29, 1.82) is 0 Å². The van der Waals surface area contributed by atoms with Gasteiger partial charge in [0, 0.05) is 37.6 Å². The first-order valence-electron chi connectivity index (χ1n) is 6.45. The van der Waals surface area contributed by atoms with E-state index in [1.54, 1.807) is 5.38 Å². The third kappa shape index (κ3) is 3.97. The van der Waals surface area contributed by atoms with Crippen LogP contribution in [-0.4, -0.2) is 54.7 Å². The molecule has 7 heteroatoms. The lowest BCUT2D eigenvalue weighted by Crippen LogP contribution is -2.47. The van der Waals surface area contributed by atoms with E-state index in [2.05, 4.69) is 22.1 Å². The van der Waals surface area contributed by atoms with E-state index in [-0.39, 0.29) is 5.91 Å². The standard InChI is InChI=1S/C12H20N4O2S/c1-9(16-2-4-18-5-3-16)7-14-12(17)10-8-19-11(6-13)15-10/h8-9H,2-7,13H2,1H3,(H,14,17). The summed E-state index contributed by atoms with van der Waals surface area (Å²) in [5, 5.41) is 5.45. The molecule has 3 N–H and O–H groups in total. The van der Waals surface area contributed by atoms with Crippen molar-refractivity contribution >= 4 is 17.2 Å². The van der Waals surface area contributed by atoms with Crippen LogP contribution in [0.4, 0.5) is 0 Å². The molecule has 0 radical (unpaired) electrons. The number of ether oxygens (including phenoxy) is 1. The quantitative estimate of drug-likeness (QED) is 0.799. The normalized spacial score (nSPS) is 18.2. The van der Waals surface area contributed by atoms with Gasteiger partial charge in [0.2, 0.25) is 0 Å². The van der Waals surface area contributed by atoms with Crippen molar-refractivity contribution in [3.05, 3.63) is 16.1 Å². The topological polar surface area (TPSA) is 80.5 Å². The molecule has 1 aliphatic rings. The molecule has 0 aromatic carbocycles. The first-order chi connectivity index (χ1) is 9.20. The number of thiazole rings is 1. The molecule has 106 valence electrons. The third-order valence-electron chi connectivity index (χ3n) is 3.19. The lowest BCUT2D eigenvalue weighted by molar-refractivity contribution is 0.0204. The molecular weight excluding hydrogens is 264 g/mol. The Bertz CT molecular complexity index is 418. The van der Waals surface area contributed by atoms with E-state index in [0.29, 0.717) is 24.8 Å². The number of carbonyl (C=O) groups excluding carboxylic acids is 1. The molecule has 1 aliphatic heterocycles. The van der Waals surface area contributed by atoms with Crippen molar-refractivity contribution in [2.75, 3.05) is 32.8 Å². The van der Waals surface area contributed by atoms with Crippen molar-refractivity contribution in [3.63, 3.8) is 0 Å². The van der Waals surface area contributed by atoms with E-state index in [9.17, 15) is 4.79 Å². The van der Waals surface area contributed by atoms with Crippen LogP contribution < -0.4 is 11.1 Å². The number of nitrogens with zero attached hydrogens (tertiary/aromatic N) is 2. The van der Waals surface area contributed by atoms with Crippen LogP contribution in [0.15, 0.2) is 5.38 Å². The highest BCUT2D eigenvalue weighted by atomic mass is 32.1. The average molecular weight is 284 g/mol. The summed E-state index contributed by atoms with van der Waals surface area (Å²) < 4.78 is 5.31.